The van der Waals surface area contributed by atoms with Gasteiger partial charge in [0.1, 0.15) is 0 Å². The number of nitrogens with zero attached hydrogens (tertiary/aromatic N) is 1. The monoisotopic (exact) mass is 329 g/mol. The summed E-state index contributed by atoms with van der Waals surface area (Å²) in [4.78, 5) is 4.36. The summed E-state index contributed by atoms with van der Waals surface area (Å²) in [6, 6.07) is 6.98. The van der Waals surface area contributed by atoms with Crippen molar-refractivity contribution >= 4 is 28.6 Å². The van der Waals surface area contributed by atoms with E-state index in [1.165, 1.54) is 14.7 Å². The summed E-state index contributed by atoms with van der Waals surface area (Å²) in [6.07, 6.45) is 0. The van der Waals surface area contributed by atoms with Gasteiger partial charge in [-0.05, 0) is 53.6 Å². The lowest BCUT2D eigenvalue weighted by Gasteiger charge is -2.09. The fraction of sp³-hybridized carbons (Fsp3) is 0.417. The number of aliphatic imine (C=N–C) groups is 1. The normalized spacial score (nSPS) is 19.2. The third-order valence-corrected chi connectivity index (χ3v) is 3.80. The number of hydrogen-bond acceptors (Lipinski definition) is 3. The van der Waals surface area contributed by atoms with Gasteiger partial charge in [-0.15, -0.1) is 0 Å². The summed E-state index contributed by atoms with van der Waals surface area (Å²) in [5, 5.41) is 6.60. The van der Waals surface area contributed by atoms with Crippen molar-refractivity contribution in [1.82, 2.24) is 10.6 Å². The zero-order valence-electron chi connectivity index (χ0n) is 9.55. The molecule has 3 nitrogen and oxygen atoms in total. The van der Waals surface area contributed by atoms with E-state index in [1.54, 1.807) is 0 Å². The second-order valence-electron chi connectivity index (χ2n) is 4.17. The van der Waals surface area contributed by atoms with Crippen molar-refractivity contribution in [2.45, 2.75) is 26.4 Å². The topological polar surface area (TPSA) is 36.4 Å². The van der Waals surface area contributed by atoms with Crippen molar-refractivity contribution in [2.24, 2.45) is 4.99 Å². The van der Waals surface area contributed by atoms with E-state index in [0.29, 0.717) is 6.04 Å². The van der Waals surface area contributed by atoms with Gasteiger partial charge >= 0.3 is 0 Å². The van der Waals surface area contributed by atoms with Gasteiger partial charge in [0.25, 0.3) is 0 Å². The molecule has 4 heteroatoms. The van der Waals surface area contributed by atoms with E-state index >= 15 is 0 Å². The Morgan fingerprint density at radius 3 is 3.00 bits per heavy atom. The van der Waals surface area contributed by atoms with Crippen molar-refractivity contribution in [2.75, 3.05) is 6.54 Å². The Morgan fingerprint density at radius 1 is 1.56 bits per heavy atom. The van der Waals surface area contributed by atoms with E-state index in [0.717, 1.165) is 19.0 Å². The van der Waals surface area contributed by atoms with Crippen LogP contribution in [0.1, 0.15) is 18.1 Å². The Bertz CT molecular complexity index is 415. The molecule has 0 radical (unpaired) electrons. The third-order valence-electron chi connectivity index (χ3n) is 2.59. The van der Waals surface area contributed by atoms with E-state index in [-0.39, 0.29) is 0 Å². The van der Waals surface area contributed by atoms with Crippen molar-refractivity contribution in [3.05, 3.63) is 32.9 Å². The van der Waals surface area contributed by atoms with Crippen LogP contribution in [-0.2, 0) is 6.54 Å². The number of guanidine groups is 1. The van der Waals surface area contributed by atoms with Crippen LogP contribution in [0.25, 0.3) is 0 Å². The zero-order chi connectivity index (χ0) is 11.5. The van der Waals surface area contributed by atoms with Gasteiger partial charge in [-0.25, -0.2) is 0 Å². The number of rotatable bonds is 2. The van der Waals surface area contributed by atoms with Crippen LogP contribution in [0.15, 0.2) is 23.2 Å². The van der Waals surface area contributed by atoms with Gasteiger partial charge in [0.15, 0.2) is 5.96 Å². The molecular weight excluding hydrogens is 313 g/mol. The van der Waals surface area contributed by atoms with Gasteiger partial charge in [-0.2, -0.15) is 0 Å². The van der Waals surface area contributed by atoms with Gasteiger partial charge in [0, 0.05) is 16.2 Å². The molecule has 1 atom stereocenters. The number of halogens is 1. The predicted molar refractivity (Wildman–Crippen MR) is 75.6 cm³/mol. The molecule has 0 bridgehead atoms. The first-order valence-electron chi connectivity index (χ1n) is 5.45. The summed E-state index contributed by atoms with van der Waals surface area (Å²) in [5.74, 6) is 0.920. The highest BCUT2D eigenvalue weighted by Gasteiger charge is 2.11. The van der Waals surface area contributed by atoms with Gasteiger partial charge in [-0.1, -0.05) is 12.1 Å². The van der Waals surface area contributed by atoms with Crippen LogP contribution in [0.2, 0.25) is 0 Å². The Morgan fingerprint density at radius 2 is 2.38 bits per heavy atom. The van der Waals surface area contributed by atoms with E-state index in [9.17, 15) is 0 Å². The molecule has 0 aliphatic carbocycles. The first-order valence-corrected chi connectivity index (χ1v) is 6.53. The van der Waals surface area contributed by atoms with Crippen LogP contribution in [-0.4, -0.2) is 18.5 Å². The Hall–Kier alpha value is -0.780. The first kappa shape index (κ1) is 11.7. The molecule has 16 heavy (non-hydrogen) atoms. The van der Waals surface area contributed by atoms with Crippen LogP contribution >= 0.6 is 22.6 Å². The number of hydrogen-bond donors (Lipinski definition) is 2. The maximum absolute atomic E-state index is 4.36. The first-order chi connectivity index (χ1) is 7.65. The quantitative estimate of drug-likeness (QED) is 0.815. The smallest absolute Gasteiger partial charge is 0.191 e. The second kappa shape index (κ2) is 5.03. The predicted octanol–water partition coefficient (Wildman–Crippen LogP) is 2.04. The van der Waals surface area contributed by atoms with Gasteiger partial charge in [0.2, 0.25) is 0 Å². The summed E-state index contributed by atoms with van der Waals surface area (Å²) >= 11 is 2.35. The van der Waals surface area contributed by atoms with E-state index < -0.39 is 0 Å². The summed E-state index contributed by atoms with van der Waals surface area (Å²) < 4.78 is 1.31. The molecule has 86 valence electrons. The van der Waals surface area contributed by atoms with E-state index in [4.69, 9.17) is 0 Å². The molecule has 1 aromatic carbocycles. The van der Waals surface area contributed by atoms with Crippen LogP contribution in [0, 0.1) is 10.5 Å². The molecule has 0 amide bonds. The average molecular weight is 329 g/mol. The molecule has 0 spiro atoms. The summed E-state index contributed by atoms with van der Waals surface area (Å²) in [5.41, 5.74) is 2.62. The van der Waals surface area contributed by atoms with Crippen molar-refractivity contribution < 1.29 is 0 Å². The Balaban J connectivity index is 1.92. The van der Waals surface area contributed by atoms with Crippen LogP contribution in [0.4, 0.5) is 0 Å². The summed E-state index contributed by atoms with van der Waals surface area (Å²) in [7, 11) is 0. The van der Waals surface area contributed by atoms with Crippen molar-refractivity contribution in [3.8, 4) is 0 Å². The SMILES string of the molecule is Cc1cc(CNC2=NCC(C)N2)ccc1I. The lowest BCUT2D eigenvalue weighted by Crippen LogP contribution is -2.37. The molecule has 1 unspecified atom stereocenters. The largest absolute Gasteiger partial charge is 0.352 e. The number of benzene rings is 1. The molecule has 2 N–H and O–H groups in total. The molecule has 0 saturated carbocycles. The molecule has 1 aromatic rings. The summed E-state index contributed by atoms with van der Waals surface area (Å²) in [6.45, 7) is 5.97. The van der Waals surface area contributed by atoms with Gasteiger partial charge in [0.05, 0.1) is 6.54 Å². The standard InChI is InChI=1S/C12H16IN3/c1-8-5-10(3-4-11(8)13)7-15-12-14-6-9(2)16-12/h3-5,9H,6-7H2,1-2H3,(H2,14,15,16). The lowest BCUT2D eigenvalue weighted by molar-refractivity contribution is 0.713. The molecular formula is C12H16IN3. The van der Waals surface area contributed by atoms with Crippen LogP contribution in [0.5, 0.6) is 0 Å². The maximum atomic E-state index is 4.36. The molecule has 0 aromatic heterocycles. The van der Waals surface area contributed by atoms with Crippen LogP contribution < -0.4 is 10.6 Å². The lowest BCUT2D eigenvalue weighted by atomic mass is 10.1. The number of nitrogens with one attached hydrogen (secondary N) is 2. The molecule has 0 saturated heterocycles. The number of aryl methyl sites for hydroxylation is 1. The fourth-order valence-electron chi connectivity index (χ4n) is 1.66. The Labute approximate surface area is 110 Å². The maximum Gasteiger partial charge on any atom is 0.191 e. The highest BCUT2D eigenvalue weighted by Crippen LogP contribution is 2.13. The van der Waals surface area contributed by atoms with E-state index in [1.807, 2.05) is 0 Å². The van der Waals surface area contributed by atoms with Gasteiger partial charge in [-0.3, -0.25) is 4.99 Å². The minimum absolute atomic E-state index is 0.459. The zero-order valence-corrected chi connectivity index (χ0v) is 11.7. The minimum Gasteiger partial charge on any atom is -0.352 e. The second-order valence-corrected chi connectivity index (χ2v) is 5.33. The Kier molecular flexibility index (Phi) is 3.68. The highest BCUT2D eigenvalue weighted by atomic mass is 127. The van der Waals surface area contributed by atoms with Gasteiger partial charge < -0.3 is 10.6 Å². The molecule has 1 heterocycles. The van der Waals surface area contributed by atoms with Crippen LogP contribution in [0.3, 0.4) is 0 Å². The molecule has 1 aliphatic heterocycles. The van der Waals surface area contributed by atoms with Crippen molar-refractivity contribution in [1.29, 1.82) is 0 Å². The molecule has 0 fully saturated rings. The molecule has 1 aliphatic rings. The van der Waals surface area contributed by atoms with E-state index in [2.05, 4.69) is 70.3 Å². The fourth-order valence-corrected chi connectivity index (χ4v) is 2.00. The third kappa shape index (κ3) is 2.87. The average Bonchev–Trinajstić information content (AvgIpc) is 2.66. The highest BCUT2D eigenvalue weighted by molar-refractivity contribution is 14.1. The molecule has 2 rings (SSSR count). The minimum atomic E-state index is 0.459. The van der Waals surface area contributed by atoms with Crippen molar-refractivity contribution in [3.63, 3.8) is 0 Å².